The molecular weight excluding hydrogens is 274 g/mol. The Balaban J connectivity index is 2.06. The molecule has 2 rings (SSSR count). The van der Waals surface area contributed by atoms with E-state index in [1.807, 2.05) is 12.1 Å². The molecule has 0 bridgehead atoms. The Morgan fingerprint density at radius 2 is 2.24 bits per heavy atom. The molecule has 0 aliphatic heterocycles. The number of hydrogen-bond acceptors (Lipinski definition) is 5. The molecule has 1 aromatic carbocycles. The second-order valence-corrected chi connectivity index (χ2v) is 4.83. The molecule has 0 radical (unpaired) electrons. The number of aliphatic hydroxyl groups excluding tert-OH is 1. The van der Waals surface area contributed by atoms with Crippen LogP contribution in [0.4, 0.5) is 0 Å². The van der Waals surface area contributed by atoms with E-state index in [0.717, 1.165) is 10.9 Å². The van der Waals surface area contributed by atoms with Gasteiger partial charge in [-0.05, 0) is 30.2 Å². The second-order valence-electron chi connectivity index (χ2n) is 4.83. The van der Waals surface area contributed by atoms with Crippen LogP contribution in [0.25, 0.3) is 11.0 Å². The van der Waals surface area contributed by atoms with E-state index in [4.69, 9.17) is 19.4 Å². The minimum absolute atomic E-state index is 0.0624. The number of hydrogen-bond donors (Lipinski definition) is 3. The van der Waals surface area contributed by atoms with Crippen LogP contribution in [-0.4, -0.2) is 42.5 Å². The Kier molecular flexibility index (Phi) is 5.32. The number of carboxylic acids is 1. The lowest BCUT2D eigenvalue weighted by Gasteiger charge is -2.16. The first-order valence-electron chi connectivity index (χ1n) is 6.73. The first-order chi connectivity index (χ1) is 10.1. The quantitative estimate of drug-likeness (QED) is 0.685. The predicted molar refractivity (Wildman–Crippen MR) is 77.4 cm³/mol. The number of ether oxygens (including phenoxy) is 1. The van der Waals surface area contributed by atoms with Gasteiger partial charge in [-0.2, -0.15) is 0 Å². The number of aliphatic hydroxyl groups is 1. The summed E-state index contributed by atoms with van der Waals surface area (Å²) in [7, 11) is 1.62. The Labute approximate surface area is 122 Å². The van der Waals surface area contributed by atoms with Gasteiger partial charge in [0.2, 0.25) is 5.76 Å². The summed E-state index contributed by atoms with van der Waals surface area (Å²) < 4.78 is 10.3. The largest absolute Gasteiger partial charge is 0.475 e. The van der Waals surface area contributed by atoms with Crippen LogP contribution < -0.4 is 5.32 Å². The third-order valence-corrected chi connectivity index (χ3v) is 3.23. The van der Waals surface area contributed by atoms with Gasteiger partial charge in [0.25, 0.3) is 0 Å². The summed E-state index contributed by atoms with van der Waals surface area (Å²) >= 11 is 0. The predicted octanol–water partition coefficient (Wildman–Crippen LogP) is 1.62. The van der Waals surface area contributed by atoms with E-state index in [9.17, 15) is 4.79 Å². The second kappa shape index (κ2) is 7.21. The Hall–Kier alpha value is -1.89. The summed E-state index contributed by atoms with van der Waals surface area (Å²) in [5.74, 6) is -1.14. The minimum Gasteiger partial charge on any atom is -0.475 e. The Morgan fingerprint density at radius 3 is 2.90 bits per heavy atom. The van der Waals surface area contributed by atoms with Crippen molar-refractivity contribution < 1.29 is 24.2 Å². The fourth-order valence-electron chi connectivity index (χ4n) is 2.17. The standard InChI is InChI=1S/C15H19NO5/c1-20-9-12(4-5-17)16-8-10-2-3-13-11(6-10)7-14(21-13)15(18)19/h2-3,6-7,12,16-17H,4-5,8-9H2,1H3,(H,18,19). The highest BCUT2D eigenvalue weighted by molar-refractivity contribution is 5.91. The number of nitrogens with one attached hydrogen (secondary N) is 1. The SMILES string of the molecule is COCC(CCO)NCc1ccc2oc(C(=O)O)cc2c1. The molecular formula is C15H19NO5. The van der Waals surface area contributed by atoms with Crippen LogP contribution in [-0.2, 0) is 11.3 Å². The maximum atomic E-state index is 10.9. The maximum Gasteiger partial charge on any atom is 0.371 e. The van der Waals surface area contributed by atoms with Crippen LogP contribution in [0, 0.1) is 0 Å². The van der Waals surface area contributed by atoms with Crippen LogP contribution >= 0.6 is 0 Å². The van der Waals surface area contributed by atoms with Crippen molar-refractivity contribution in [1.82, 2.24) is 5.32 Å². The molecule has 2 aromatic rings. The smallest absolute Gasteiger partial charge is 0.371 e. The van der Waals surface area contributed by atoms with Gasteiger partial charge in [0.15, 0.2) is 0 Å². The van der Waals surface area contributed by atoms with Gasteiger partial charge in [-0.25, -0.2) is 4.79 Å². The monoisotopic (exact) mass is 293 g/mol. The number of benzene rings is 1. The third-order valence-electron chi connectivity index (χ3n) is 3.23. The highest BCUT2D eigenvalue weighted by Crippen LogP contribution is 2.21. The molecule has 0 aliphatic rings. The fourth-order valence-corrected chi connectivity index (χ4v) is 2.17. The van der Waals surface area contributed by atoms with E-state index in [2.05, 4.69) is 5.32 Å². The Bertz CT molecular complexity index is 601. The van der Waals surface area contributed by atoms with Gasteiger partial charge < -0.3 is 24.7 Å². The number of fused-ring (bicyclic) bond motifs is 1. The number of aromatic carboxylic acids is 1. The molecule has 0 spiro atoms. The topological polar surface area (TPSA) is 91.9 Å². The first-order valence-corrected chi connectivity index (χ1v) is 6.73. The van der Waals surface area contributed by atoms with Gasteiger partial charge in [0.1, 0.15) is 5.58 Å². The molecule has 1 aromatic heterocycles. The van der Waals surface area contributed by atoms with Crippen LogP contribution in [0.1, 0.15) is 22.5 Å². The normalized spacial score (nSPS) is 12.7. The molecule has 6 heteroatoms. The zero-order valence-electron chi connectivity index (χ0n) is 11.8. The lowest BCUT2D eigenvalue weighted by Crippen LogP contribution is -2.33. The first kappa shape index (κ1) is 15.5. The lowest BCUT2D eigenvalue weighted by atomic mass is 10.1. The highest BCUT2D eigenvalue weighted by atomic mass is 16.5. The molecule has 114 valence electrons. The van der Waals surface area contributed by atoms with Crippen molar-refractivity contribution in [2.45, 2.75) is 19.0 Å². The van der Waals surface area contributed by atoms with Crippen LogP contribution in [0.5, 0.6) is 0 Å². The molecule has 1 atom stereocenters. The van der Waals surface area contributed by atoms with E-state index in [0.29, 0.717) is 25.2 Å². The summed E-state index contributed by atoms with van der Waals surface area (Å²) in [6.07, 6.45) is 0.616. The van der Waals surface area contributed by atoms with E-state index in [1.165, 1.54) is 6.07 Å². The highest BCUT2D eigenvalue weighted by Gasteiger charge is 2.11. The third kappa shape index (κ3) is 4.04. The fraction of sp³-hybridized carbons (Fsp3) is 0.400. The van der Waals surface area contributed by atoms with Crippen LogP contribution in [0.2, 0.25) is 0 Å². The van der Waals surface area contributed by atoms with Crippen molar-refractivity contribution in [3.8, 4) is 0 Å². The van der Waals surface area contributed by atoms with Gasteiger partial charge in [-0.3, -0.25) is 0 Å². The molecule has 0 aliphatic carbocycles. The number of carbonyl (C=O) groups is 1. The molecule has 0 fully saturated rings. The Morgan fingerprint density at radius 1 is 1.43 bits per heavy atom. The van der Waals surface area contributed by atoms with Crippen molar-refractivity contribution in [3.05, 3.63) is 35.6 Å². The maximum absolute atomic E-state index is 10.9. The van der Waals surface area contributed by atoms with Gasteiger partial charge in [0.05, 0.1) is 6.61 Å². The minimum atomic E-state index is -1.08. The summed E-state index contributed by atoms with van der Waals surface area (Å²) in [5.41, 5.74) is 1.57. The van der Waals surface area contributed by atoms with Crippen LogP contribution in [0.3, 0.4) is 0 Å². The van der Waals surface area contributed by atoms with Gasteiger partial charge in [-0.15, -0.1) is 0 Å². The summed E-state index contributed by atoms with van der Waals surface area (Å²) in [6, 6.07) is 7.13. The average molecular weight is 293 g/mol. The van der Waals surface area contributed by atoms with Crippen molar-refractivity contribution >= 4 is 16.9 Å². The molecule has 3 N–H and O–H groups in total. The van der Waals surface area contributed by atoms with E-state index < -0.39 is 5.97 Å². The summed E-state index contributed by atoms with van der Waals surface area (Å²) in [5, 5.41) is 22.0. The van der Waals surface area contributed by atoms with Crippen molar-refractivity contribution in [2.24, 2.45) is 0 Å². The molecule has 1 heterocycles. The van der Waals surface area contributed by atoms with E-state index in [1.54, 1.807) is 13.2 Å². The zero-order valence-corrected chi connectivity index (χ0v) is 11.8. The van der Waals surface area contributed by atoms with E-state index in [-0.39, 0.29) is 18.4 Å². The van der Waals surface area contributed by atoms with Gasteiger partial charge in [-0.1, -0.05) is 6.07 Å². The molecule has 0 saturated carbocycles. The van der Waals surface area contributed by atoms with Crippen LogP contribution in [0.15, 0.2) is 28.7 Å². The molecule has 1 unspecified atom stereocenters. The molecule has 0 saturated heterocycles. The number of furan rings is 1. The average Bonchev–Trinajstić information content (AvgIpc) is 2.88. The van der Waals surface area contributed by atoms with Gasteiger partial charge >= 0.3 is 5.97 Å². The molecule has 6 nitrogen and oxygen atoms in total. The summed E-state index contributed by atoms with van der Waals surface area (Å²) in [4.78, 5) is 10.9. The number of carboxylic acid groups (broad SMARTS) is 1. The van der Waals surface area contributed by atoms with E-state index >= 15 is 0 Å². The number of rotatable bonds is 8. The van der Waals surface area contributed by atoms with Crippen molar-refractivity contribution in [2.75, 3.05) is 20.3 Å². The van der Waals surface area contributed by atoms with Gasteiger partial charge in [0, 0.05) is 31.7 Å². The van der Waals surface area contributed by atoms with Crippen molar-refractivity contribution in [1.29, 1.82) is 0 Å². The van der Waals surface area contributed by atoms with Crippen molar-refractivity contribution in [3.63, 3.8) is 0 Å². The molecule has 21 heavy (non-hydrogen) atoms. The zero-order chi connectivity index (χ0) is 15.2. The molecule has 0 amide bonds. The number of methoxy groups -OCH3 is 1. The lowest BCUT2D eigenvalue weighted by molar-refractivity contribution is 0.0665. The summed E-state index contributed by atoms with van der Waals surface area (Å²) in [6.45, 7) is 1.24.